The van der Waals surface area contributed by atoms with Crippen LogP contribution in [-0.4, -0.2) is 82.8 Å². The lowest BCUT2D eigenvalue weighted by atomic mass is 9.81. The van der Waals surface area contributed by atoms with Gasteiger partial charge in [0.05, 0.1) is 32.8 Å². The van der Waals surface area contributed by atoms with E-state index < -0.39 is 0 Å². The summed E-state index contributed by atoms with van der Waals surface area (Å²) in [6.45, 7) is 6.38. The average molecular weight is 627 g/mol. The van der Waals surface area contributed by atoms with Gasteiger partial charge in [-0.05, 0) is 69.6 Å². The number of carbonyl (C=O) groups is 4. The Kier molecular flexibility index (Phi) is 12.4. The summed E-state index contributed by atoms with van der Waals surface area (Å²) in [5, 5.41) is 26.3. The number of benzene rings is 1. The Balaban J connectivity index is 0.980. The number of imide groups is 1. The van der Waals surface area contributed by atoms with E-state index in [9.17, 15) is 29.4 Å². The van der Waals surface area contributed by atoms with Gasteiger partial charge < -0.3 is 30.3 Å². The van der Waals surface area contributed by atoms with Gasteiger partial charge in [0, 0.05) is 55.2 Å². The number of amides is 4. The molecule has 1 saturated carbocycles. The fraction of sp³-hybridized carbons (Fsp3) is 0.576. The fourth-order valence-electron chi connectivity index (χ4n) is 5.70. The Bertz CT molecular complexity index is 1310. The van der Waals surface area contributed by atoms with Crippen LogP contribution in [0.2, 0.25) is 0 Å². The number of aromatic hydroxyl groups is 2. The average Bonchev–Trinajstić information content (AvgIpc) is 3.21. The number of β-lactam (4-membered cyclic amide) rings is 1. The second-order valence-electron chi connectivity index (χ2n) is 11.9. The molecule has 0 atom stereocenters. The zero-order chi connectivity index (χ0) is 32.3. The molecule has 12 heteroatoms. The van der Waals surface area contributed by atoms with E-state index in [-0.39, 0.29) is 60.8 Å². The second-order valence-corrected chi connectivity index (χ2v) is 11.9. The first-order valence-corrected chi connectivity index (χ1v) is 15.9. The summed E-state index contributed by atoms with van der Waals surface area (Å²) in [5.74, 6) is 0.102. The van der Waals surface area contributed by atoms with Crippen molar-refractivity contribution in [3.63, 3.8) is 0 Å². The molecular formula is C33H46N4O8. The normalized spacial score (nSPS) is 18.0. The van der Waals surface area contributed by atoms with Crippen LogP contribution in [0, 0.1) is 25.7 Å². The lowest BCUT2D eigenvalue weighted by Gasteiger charge is -2.28. The van der Waals surface area contributed by atoms with E-state index in [2.05, 4.69) is 10.6 Å². The third kappa shape index (κ3) is 9.54. The first-order chi connectivity index (χ1) is 21.6. The highest BCUT2D eigenvalue weighted by Crippen LogP contribution is 2.36. The highest BCUT2D eigenvalue weighted by molar-refractivity contribution is 5.99. The lowest BCUT2D eigenvalue weighted by Crippen LogP contribution is -2.47. The van der Waals surface area contributed by atoms with Crippen LogP contribution in [0.25, 0.3) is 0 Å². The Morgan fingerprint density at radius 2 is 1.53 bits per heavy atom. The Labute approximate surface area is 264 Å². The summed E-state index contributed by atoms with van der Waals surface area (Å²) in [6, 6.07) is 7.29. The third-order valence-corrected chi connectivity index (χ3v) is 8.81. The van der Waals surface area contributed by atoms with E-state index in [1.54, 1.807) is 30.5 Å². The van der Waals surface area contributed by atoms with Crippen LogP contribution in [0.15, 0.2) is 24.3 Å². The summed E-state index contributed by atoms with van der Waals surface area (Å²) < 4.78 is 12.6. The highest BCUT2D eigenvalue weighted by atomic mass is 16.5. The number of rotatable bonds is 16. The molecule has 246 valence electrons. The topological polar surface area (TPSA) is 159 Å². The molecule has 4 N–H and O–H groups in total. The van der Waals surface area contributed by atoms with Gasteiger partial charge in [-0.25, -0.2) is 0 Å². The molecule has 0 bridgehead atoms. The number of nitrogens with zero attached hydrogens (tertiary/aromatic N) is 2. The van der Waals surface area contributed by atoms with Crippen molar-refractivity contribution in [1.82, 2.24) is 14.8 Å². The smallest absolute Gasteiger partial charge is 0.230 e. The summed E-state index contributed by atoms with van der Waals surface area (Å²) in [5.41, 5.74) is 3.01. The summed E-state index contributed by atoms with van der Waals surface area (Å²) in [7, 11) is 0. The van der Waals surface area contributed by atoms with E-state index >= 15 is 0 Å². The van der Waals surface area contributed by atoms with Gasteiger partial charge in [-0.3, -0.25) is 28.6 Å². The largest absolute Gasteiger partial charge is 0.494 e. The van der Waals surface area contributed by atoms with Crippen molar-refractivity contribution in [3.05, 3.63) is 41.0 Å². The number of aryl methyl sites for hydroxylation is 1. The maximum atomic E-state index is 12.6. The van der Waals surface area contributed by atoms with E-state index in [4.69, 9.17) is 9.47 Å². The maximum Gasteiger partial charge on any atom is 0.230 e. The first kappa shape index (κ1) is 34.0. The van der Waals surface area contributed by atoms with Crippen LogP contribution in [0.1, 0.15) is 61.6 Å². The van der Waals surface area contributed by atoms with Gasteiger partial charge in [-0.2, -0.15) is 0 Å². The zero-order valence-corrected chi connectivity index (χ0v) is 26.3. The van der Waals surface area contributed by atoms with Crippen LogP contribution in [0.3, 0.4) is 0 Å². The maximum absolute atomic E-state index is 12.6. The zero-order valence-electron chi connectivity index (χ0n) is 26.3. The number of aromatic nitrogens is 1. The van der Waals surface area contributed by atoms with Crippen molar-refractivity contribution in [2.45, 2.75) is 71.8 Å². The summed E-state index contributed by atoms with van der Waals surface area (Å²) in [6.07, 6.45) is 4.73. The van der Waals surface area contributed by atoms with Crippen molar-refractivity contribution in [1.29, 1.82) is 0 Å². The summed E-state index contributed by atoms with van der Waals surface area (Å²) in [4.78, 5) is 49.4. The molecule has 2 heterocycles. The van der Waals surface area contributed by atoms with Gasteiger partial charge in [0.2, 0.25) is 23.6 Å². The number of carbonyl (C=O) groups excluding carboxylic acids is 4. The number of hydrogen-bond donors (Lipinski definition) is 4. The molecule has 2 fully saturated rings. The van der Waals surface area contributed by atoms with Crippen molar-refractivity contribution in [3.8, 4) is 11.8 Å². The van der Waals surface area contributed by atoms with Gasteiger partial charge in [0.1, 0.15) is 0 Å². The number of nitrogens with one attached hydrogen (secondary N) is 2. The van der Waals surface area contributed by atoms with Gasteiger partial charge in [0.25, 0.3) is 0 Å². The first-order valence-electron chi connectivity index (χ1n) is 15.9. The minimum absolute atomic E-state index is 0.0299. The van der Waals surface area contributed by atoms with Gasteiger partial charge in [0.15, 0.2) is 11.8 Å². The number of hydrogen-bond acceptors (Lipinski definition) is 8. The lowest BCUT2D eigenvalue weighted by molar-refractivity contribution is -0.152. The molecule has 1 aromatic heterocycles. The highest BCUT2D eigenvalue weighted by Gasteiger charge is 2.29. The van der Waals surface area contributed by atoms with Crippen LogP contribution in [0.4, 0.5) is 5.69 Å². The predicted octanol–water partition coefficient (Wildman–Crippen LogP) is 3.19. The molecule has 45 heavy (non-hydrogen) atoms. The minimum Gasteiger partial charge on any atom is -0.494 e. The van der Waals surface area contributed by atoms with E-state index in [1.807, 2.05) is 12.1 Å². The molecule has 4 amide bonds. The van der Waals surface area contributed by atoms with Crippen molar-refractivity contribution >= 4 is 29.3 Å². The molecule has 0 spiro atoms. The summed E-state index contributed by atoms with van der Waals surface area (Å²) >= 11 is 0. The van der Waals surface area contributed by atoms with Crippen LogP contribution >= 0.6 is 0 Å². The fourth-order valence-corrected chi connectivity index (χ4v) is 5.70. The molecule has 12 nitrogen and oxygen atoms in total. The standard InChI is InChI=1S/C33H46N4O8/c1-22-23(2)33(43)37(32(22)42)21-25-3-8-26(9-4-25)31(41)34-15-18-45-20-19-44-17-14-28(38)35-27-10-5-24(6-11-27)7-12-29(39)36-16-13-30(36)40/h5-6,10-11,25-26,42-43H,3-4,7-9,12-21H2,1-2H3,(H,34,41)(H,35,38). The molecule has 1 aliphatic heterocycles. The quantitative estimate of drug-likeness (QED) is 0.163. The van der Waals surface area contributed by atoms with Gasteiger partial charge >= 0.3 is 0 Å². The SMILES string of the molecule is Cc1c(C)c(O)n(CC2CCC(C(=O)NCCOCCOCCC(=O)Nc3ccc(CCC(=O)N4CCC4=O)cc3)CC2)c1O. The molecule has 2 aliphatic rings. The van der Waals surface area contributed by atoms with E-state index in [0.29, 0.717) is 75.0 Å². The molecule has 1 aromatic carbocycles. The Morgan fingerprint density at radius 3 is 2.13 bits per heavy atom. The molecule has 1 aliphatic carbocycles. The predicted molar refractivity (Wildman–Crippen MR) is 167 cm³/mol. The molecule has 4 rings (SSSR count). The monoisotopic (exact) mass is 626 g/mol. The van der Waals surface area contributed by atoms with Crippen LogP contribution in [0.5, 0.6) is 11.8 Å². The molecule has 0 radical (unpaired) electrons. The molecule has 0 unspecified atom stereocenters. The Hall–Kier alpha value is -3.90. The third-order valence-electron chi connectivity index (χ3n) is 8.81. The van der Waals surface area contributed by atoms with E-state index in [1.165, 1.54) is 4.90 Å². The number of likely N-dealkylation sites (tertiary alicyclic amines) is 1. The van der Waals surface area contributed by atoms with Crippen molar-refractivity contribution < 1.29 is 38.9 Å². The Morgan fingerprint density at radius 1 is 0.889 bits per heavy atom. The van der Waals surface area contributed by atoms with E-state index in [0.717, 1.165) is 31.2 Å². The van der Waals surface area contributed by atoms with Gasteiger partial charge in [-0.15, -0.1) is 0 Å². The second kappa shape index (κ2) is 16.4. The van der Waals surface area contributed by atoms with Crippen LogP contribution in [-0.2, 0) is 41.6 Å². The number of anilines is 1. The molecule has 1 saturated heterocycles. The van der Waals surface area contributed by atoms with Gasteiger partial charge in [-0.1, -0.05) is 12.1 Å². The van der Waals surface area contributed by atoms with Crippen molar-refractivity contribution in [2.75, 3.05) is 44.8 Å². The minimum atomic E-state index is -0.168. The number of ether oxygens (including phenoxy) is 2. The van der Waals surface area contributed by atoms with Crippen molar-refractivity contribution in [2.24, 2.45) is 11.8 Å². The molecule has 2 aromatic rings. The van der Waals surface area contributed by atoms with Crippen LogP contribution < -0.4 is 10.6 Å². The molecular weight excluding hydrogens is 580 g/mol.